The molecule has 1 aliphatic rings. The Morgan fingerprint density at radius 2 is 2.18 bits per heavy atom. The molecular weight excluding hydrogens is 215 g/mol. The number of nitrogens with one attached hydrogen (secondary N) is 1. The lowest BCUT2D eigenvalue weighted by Gasteiger charge is -2.18. The van der Waals surface area contributed by atoms with Crippen molar-refractivity contribution in [2.24, 2.45) is 0 Å². The molecule has 1 fully saturated rings. The van der Waals surface area contributed by atoms with Crippen molar-refractivity contribution in [2.45, 2.75) is 32.4 Å². The molecule has 0 aliphatic heterocycles. The second-order valence-corrected chi connectivity index (χ2v) is 5.04. The van der Waals surface area contributed by atoms with Gasteiger partial charge in [0.1, 0.15) is 5.82 Å². The number of benzene rings is 1. The molecule has 0 heterocycles. The maximum Gasteiger partial charge on any atom is 0.123 e. The molecule has 94 valence electrons. The second-order valence-electron chi connectivity index (χ2n) is 5.04. The van der Waals surface area contributed by atoms with Crippen molar-refractivity contribution in [1.82, 2.24) is 10.2 Å². The van der Waals surface area contributed by atoms with Gasteiger partial charge in [0.2, 0.25) is 0 Å². The van der Waals surface area contributed by atoms with E-state index in [4.69, 9.17) is 0 Å². The Labute approximate surface area is 103 Å². The number of hydrogen-bond acceptors (Lipinski definition) is 2. The Hall–Kier alpha value is -0.930. The van der Waals surface area contributed by atoms with Crippen LogP contribution in [0.1, 0.15) is 24.0 Å². The summed E-state index contributed by atoms with van der Waals surface area (Å²) in [5.41, 5.74) is 2.24. The van der Waals surface area contributed by atoms with Crippen LogP contribution in [0.25, 0.3) is 0 Å². The molecule has 0 amide bonds. The number of rotatable bonds is 6. The zero-order valence-electron chi connectivity index (χ0n) is 10.7. The van der Waals surface area contributed by atoms with E-state index in [1.165, 1.54) is 18.9 Å². The summed E-state index contributed by atoms with van der Waals surface area (Å²) in [4.78, 5) is 2.23. The van der Waals surface area contributed by atoms with Gasteiger partial charge in [-0.1, -0.05) is 6.07 Å². The van der Waals surface area contributed by atoms with Crippen molar-refractivity contribution in [3.63, 3.8) is 0 Å². The quantitative estimate of drug-likeness (QED) is 0.815. The van der Waals surface area contributed by atoms with Gasteiger partial charge in [0.25, 0.3) is 0 Å². The predicted molar refractivity (Wildman–Crippen MR) is 68.5 cm³/mol. The Morgan fingerprint density at radius 1 is 1.41 bits per heavy atom. The minimum atomic E-state index is -0.143. The lowest BCUT2D eigenvalue weighted by atomic mass is 10.1. The summed E-state index contributed by atoms with van der Waals surface area (Å²) in [6.45, 7) is 4.88. The van der Waals surface area contributed by atoms with Crippen molar-refractivity contribution in [3.8, 4) is 0 Å². The molecule has 2 rings (SSSR count). The van der Waals surface area contributed by atoms with Gasteiger partial charge in [-0.2, -0.15) is 0 Å². The third-order valence-electron chi connectivity index (χ3n) is 3.26. The summed E-state index contributed by atoms with van der Waals surface area (Å²) in [7, 11) is 2.08. The van der Waals surface area contributed by atoms with Gasteiger partial charge in [0, 0.05) is 25.7 Å². The first-order valence-electron chi connectivity index (χ1n) is 6.32. The molecule has 0 saturated heterocycles. The number of hydrogen-bond donors (Lipinski definition) is 1. The van der Waals surface area contributed by atoms with Crippen LogP contribution in [-0.2, 0) is 6.54 Å². The first-order valence-corrected chi connectivity index (χ1v) is 6.32. The Balaban J connectivity index is 1.79. The molecule has 2 nitrogen and oxygen atoms in total. The third kappa shape index (κ3) is 4.10. The average Bonchev–Trinajstić information content (AvgIpc) is 3.07. The molecule has 1 aromatic rings. The van der Waals surface area contributed by atoms with Crippen molar-refractivity contribution in [3.05, 3.63) is 35.1 Å². The molecule has 0 aromatic heterocycles. The zero-order valence-corrected chi connectivity index (χ0v) is 10.7. The highest BCUT2D eigenvalue weighted by molar-refractivity contribution is 5.26. The van der Waals surface area contributed by atoms with Crippen LogP contribution in [0.5, 0.6) is 0 Å². The minimum absolute atomic E-state index is 0.143. The molecule has 0 spiro atoms. The smallest absolute Gasteiger partial charge is 0.123 e. The first kappa shape index (κ1) is 12.5. The van der Waals surface area contributed by atoms with Crippen LogP contribution >= 0.6 is 0 Å². The van der Waals surface area contributed by atoms with E-state index < -0.39 is 0 Å². The van der Waals surface area contributed by atoms with E-state index in [2.05, 4.69) is 17.3 Å². The van der Waals surface area contributed by atoms with Crippen LogP contribution in [-0.4, -0.2) is 31.1 Å². The number of likely N-dealkylation sites (N-methyl/N-ethyl adjacent to an activating group) is 1. The van der Waals surface area contributed by atoms with Gasteiger partial charge >= 0.3 is 0 Å². The Bertz CT molecular complexity index is 374. The molecule has 0 bridgehead atoms. The molecule has 3 heteroatoms. The summed E-state index contributed by atoms with van der Waals surface area (Å²) in [6.07, 6.45) is 2.65. The zero-order chi connectivity index (χ0) is 12.3. The largest absolute Gasteiger partial charge is 0.313 e. The van der Waals surface area contributed by atoms with Crippen LogP contribution in [0, 0.1) is 12.7 Å². The molecule has 0 radical (unpaired) electrons. The highest BCUT2D eigenvalue weighted by Crippen LogP contribution is 2.18. The molecule has 17 heavy (non-hydrogen) atoms. The normalized spacial score (nSPS) is 15.5. The monoisotopic (exact) mass is 236 g/mol. The van der Waals surface area contributed by atoms with Crippen LogP contribution in [0.2, 0.25) is 0 Å². The van der Waals surface area contributed by atoms with Gasteiger partial charge in [-0.05, 0) is 50.1 Å². The lowest BCUT2D eigenvalue weighted by Crippen LogP contribution is -2.30. The van der Waals surface area contributed by atoms with E-state index in [-0.39, 0.29) is 5.82 Å². The fraction of sp³-hybridized carbons (Fsp3) is 0.571. The van der Waals surface area contributed by atoms with E-state index >= 15 is 0 Å². The first-order chi connectivity index (χ1) is 8.15. The van der Waals surface area contributed by atoms with E-state index in [9.17, 15) is 4.39 Å². The summed E-state index contributed by atoms with van der Waals surface area (Å²) < 4.78 is 13.1. The Morgan fingerprint density at radius 3 is 2.88 bits per heavy atom. The average molecular weight is 236 g/mol. The molecule has 0 atom stereocenters. The van der Waals surface area contributed by atoms with Gasteiger partial charge < -0.3 is 10.2 Å². The van der Waals surface area contributed by atoms with Crippen LogP contribution in [0.4, 0.5) is 4.39 Å². The van der Waals surface area contributed by atoms with Crippen molar-refractivity contribution < 1.29 is 4.39 Å². The maximum absolute atomic E-state index is 13.1. The molecule has 1 aromatic carbocycles. The number of aryl methyl sites for hydroxylation is 1. The lowest BCUT2D eigenvalue weighted by molar-refractivity contribution is 0.323. The van der Waals surface area contributed by atoms with Crippen molar-refractivity contribution in [1.29, 1.82) is 0 Å². The summed E-state index contributed by atoms with van der Waals surface area (Å²) in [5, 5.41) is 3.48. The molecule has 1 aliphatic carbocycles. The summed E-state index contributed by atoms with van der Waals surface area (Å²) in [6, 6.07) is 5.77. The van der Waals surface area contributed by atoms with Crippen LogP contribution in [0.15, 0.2) is 18.2 Å². The predicted octanol–water partition coefficient (Wildman–Crippen LogP) is 2.32. The van der Waals surface area contributed by atoms with Gasteiger partial charge in [-0.15, -0.1) is 0 Å². The standard InChI is InChI=1S/C14H21FN2/c1-11-3-4-13(15)9-12(11)10-17(2)8-7-16-14-5-6-14/h3-4,9,14,16H,5-8,10H2,1-2H3. The van der Waals surface area contributed by atoms with Gasteiger partial charge in [-0.25, -0.2) is 4.39 Å². The Kier molecular flexibility index (Phi) is 4.13. The van der Waals surface area contributed by atoms with Gasteiger partial charge in [0.05, 0.1) is 0 Å². The van der Waals surface area contributed by atoms with Gasteiger partial charge in [0.15, 0.2) is 0 Å². The summed E-state index contributed by atoms with van der Waals surface area (Å²) >= 11 is 0. The van der Waals surface area contributed by atoms with Crippen molar-refractivity contribution in [2.75, 3.05) is 20.1 Å². The highest BCUT2D eigenvalue weighted by atomic mass is 19.1. The molecular formula is C14H21FN2. The van der Waals surface area contributed by atoms with Crippen LogP contribution in [0.3, 0.4) is 0 Å². The fourth-order valence-electron chi connectivity index (χ4n) is 1.93. The summed E-state index contributed by atoms with van der Waals surface area (Å²) in [5.74, 6) is -0.143. The van der Waals surface area contributed by atoms with Crippen molar-refractivity contribution >= 4 is 0 Å². The molecule has 1 N–H and O–H groups in total. The SMILES string of the molecule is Cc1ccc(F)cc1CN(C)CCNC1CC1. The topological polar surface area (TPSA) is 15.3 Å². The second kappa shape index (κ2) is 5.61. The van der Waals surface area contributed by atoms with Gasteiger partial charge in [-0.3, -0.25) is 0 Å². The van der Waals surface area contributed by atoms with E-state index in [1.807, 2.05) is 13.0 Å². The fourth-order valence-corrected chi connectivity index (χ4v) is 1.93. The number of nitrogens with zero attached hydrogens (tertiary/aromatic N) is 1. The van der Waals surface area contributed by atoms with E-state index in [0.717, 1.165) is 36.8 Å². The van der Waals surface area contributed by atoms with E-state index in [0.29, 0.717) is 0 Å². The van der Waals surface area contributed by atoms with Crippen LogP contribution < -0.4 is 5.32 Å². The van der Waals surface area contributed by atoms with E-state index in [1.54, 1.807) is 6.07 Å². The number of halogens is 1. The minimum Gasteiger partial charge on any atom is -0.313 e. The highest BCUT2D eigenvalue weighted by Gasteiger charge is 2.19. The molecule has 0 unspecified atom stereocenters. The third-order valence-corrected chi connectivity index (χ3v) is 3.26. The maximum atomic E-state index is 13.1. The molecule has 1 saturated carbocycles.